The average Bonchev–Trinajstić information content (AvgIpc) is 2.96. The van der Waals surface area contributed by atoms with Crippen LogP contribution in [0.5, 0.6) is 0 Å². The second-order valence-electron chi connectivity index (χ2n) is 8.64. The molecule has 1 N–H and O–H groups in total. The molecule has 1 heterocycles. The summed E-state index contributed by atoms with van der Waals surface area (Å²) in [6.07, 6.45) is -0.0366. The Labute approximate surface area is 240 Å². The van der Waals surface area contributed by atoms with E-state index in [9.17, 15) is 19.2 Å². The summed E-state index contributed by atoms with van der Waals surface area (Å²) < 4.78 is 9.73. The number of amidine groups is 1. The van der Waals surface area contributed by atoms with Crippen LogP contribution in [0, 0.1) is 0 Å². The molecule has 2 amide bonds. The molecule has 206 valence electrons. The van der Waals surface area contributed by atoms with Crippen molar-refractivity contribution in [3.63, 3.8) is 0 Å². The smallest absolute Gasteiger partial charge is 0.338 e. The molecule has 0 radical (unpaired) electrons. The predicted molar refractivity (Wildman–Crippen MR) is 154 cm³/mol. The minimum atomic E-state index is -0.744. The Hall–Kier alpha value is -4.15. The lowest BCUT2D eigenvalue weighted by molar-refractivity contribution is -0.129. The van der Waals surface area contributed by atoms with Gasteiger partial charge < -0.3 is 14.8 Å². The van der Waals surface area contributed by atoms with Crippen molar-refractivity contribution in [2.75, 3.05) is 19.0 Å². The van der Waals surface area contributed by atoms with E-state index in [1.54, 1.807) is 67.6 Å². The van der Waals surface area contributed by atoms with Gasteiger partial charge in [0.2, 0.25) is 11.8 Å². The van der Waals surface area contributed by atoms with E-state index in [2.05, 4.69) is 10.3 Å². The van der Waals surface area contributed by atoms with Crippen molar-refractivity contribution in [1.29, 1.82) is 0 Å². The predicted octanol–water partition coefficient (Wildman–Crippen LogP) is 5.46. The van der Waals surface area contributed by atoms with Crippen LogP contribution in [0.3, 0.4) is 0 Å². The zero-order valence-electron chi connectivity index (χ0n) is 21.8. The first-order valence-electron chi connectivity index (χ1n) is 12.3. The molecule has 3 aromatic carbocycles. The number of thioether (sulfide) groups is 1. The Morgan fingerprint density at radius 2 is 1.60 bits per heavy atom. The number of rotatable bonds is 8. The van der Waals surface area contributed by atoms with Crippen LogP contribution in [0.2, 0.25) is 5.02 Å². The van der Waals surface area contributed by atoms with E-state index in [0.717, 1.165) is 5.56 Å². The normalized spacial score (nSPS) is 16.0. The quantitative estimate of drug-likeness (QED) is 0.352. The van der Waals surface area contributed by atoms with Crippen LogP contribution >= 0.6 is 23.4 Å². The zero-order chi connectivity index (χ0) is 28.6. The summed E-state index contributed by atoms with van der Waals surface area (Å²) in [4.78, 5) is 56.4. The van der Waals surface area contributed by atoms with Crippen LogP contribution in [0.25, 0.3) is 0 Å². The molecular formula is C29H26ClN3O6S. The van der Waals surface area contributed by atoms with Crippen molar-refractivity contribution in [2.24, 2.45) is 4.99 Å². The highest BCUT2D eigenvalue weighted by atomic mass is 35.5. The number of anilines is 1. The first kappa shape index (κ1) is 28.8. The number of esters is 2. The van der Waals surface area contributed by atoms with Crippen molar-refractivity contribution in [2.45, 2.75) is 25.1 Å². The Balaban J connectivity index is 1.57. The number of hydrogen-bond acceptors (Lipinski definition) is 8. The van der Waals surface area contributed by atoms with Crippen LogP contribution in [0.4, 0.5) is 11.4 Å². The van der Waals surface area contributed by atoms with Gasteiger partial charge in [-0.15, -0.1) is 0 Å². The maximum Gasteiger partial charge on any atom is 0.338 e. The van der Waals surface area contributed by atoms with E-state index in [1.807, 2.05) is 12.1 Å². The number of halogens is 1. The molecule has 0 unspecified atom stereocenters. The van der Waals surface area contributed by atoms with Gasteiger partial charge in [-0.2, -0.15) is 0 Å². The number of amides is 2. The monoisotopic (exact) mass is 579 g/mol. The van der Waals surface area contributed by atoms with Crippen LogP contribution in [-0.4, -0.2) is 52.8 Å². The highest BCUT2D eigenvalue weighted by Crippen LogP contribution is 2.31. The van der Waals surface area contributed by atoms with Gasteiger partial charge in [0.15, 0.2) is 5.17 Å². The van der Waals surface area contributed by atoms with Crippen molar-refractivity contribution in [3.05, 3.63) is 94.5 Å². The number of methoxy groups -OCH3 is 1. The number of ether oxygens (including phenoxy) is 2. The lowest BCUT2D eigenvalue weighted by Crippen LogP contribution is -2.44. The van der Waals surface area contributed by atoms with Crippen LogP contribution < -0.4 is 5.32 Å². The third-order valence-corrected chi connectivity index (χ3v) is 7.30. The molecule has 0 aliphatic carbocycles. The molecule has 40 heavy (non-hydrogen) atoms. The van der Waals surface area contributed by atoms with Crippen LogP contribution in [-0.2, 0) is 25.6 Å². The summed E-state index contributed by atoms with van der Waals surface area (Å²) in [5.41, 5.74) is 2.55. The summed E-state index contributed by atoms with van der Waals surface area (Å²) >= 11 is 7.19. The molecule has 1 atom stereocenters. The lowest BCUT2D eigenvalue weighted by atomic mass is 10.2. The molecule has 4 rings (SSSR count). The highest BCUT2D eigenvalue weighted by molar-refractivity contribution is 8.15. The van der Waals surface area contributed by atoms with Gasteiger partial charge >= 0.3 is 11.9 Å². The zero-order valence-corrected chi connectivity index (χ0v) is 23.3. The minimum Gasteiger partial charge on any atom is -0.465 e. The van der Waals surface area contributed by atoms with E-state index in [0.29, 0.717) is 32.7 Å². The molecule has 1 saturated heterocycles. The molecule has 0 bridgehead atoms. The van der Waals surface area contributed by atoms with Crippen LogP contribution in [0.1, 0.15) is 39.6 Å². The fourth-order valence-electron chi connectivity index (χ4n) is 3.80. The van der Waals surface area contributed by atoms with Gasteiger partial charge in [0, 0.05) is 17.1 Å². The molecule has 1 aliphatic rings. The number of carbonyl (C=O) groups excluding carboxylic acids is 4. The molecule has 0 saturated carbocycles. The third kappa shape index (κ3) is 7.28. The third-order valence-electron chi connectivity index (χ3n) is 5.86. The number of benzene rings is 3. The number of nitrogens with one attached hydrogen (secondary N) is 1. The molecule has 11 heteroatoms. The van der Waals surface area contributed by atoms with Gasteiger partial charge in [-0.25, -0.2) is 14.6 Å². The average molecular weight is 580 g/mol. The van der Waals surface area contributed by atoms with E-state index in [1.165, 1.54) is 23.8 Å². The van der Waals surface area contributed by atoms with Gasteiger partial charge in [-0.1, -0.05) is 35.5 Å². The van der Waals surface area contributed by atoms with E-state index < -0.39 is 17.2 Å². The Bertz CT molecular complexity index is 1430. The van der Waals surface area contributed by atoms with Crippen molar-refractivity contribution in [1.82, 2.24) is 4.90 Å². The number of hydrogen-bond donors (Lipinski definition) is 1. The SMILES string of the molecule is CCOC(=O)c1ccc(N=C2S[C@H](C(=O)Nc3ccc(C(=O)OC)cc3)CC(=O)N2Cc2ccc(Cl)cc2)cc1. The van der Waals surface area contributed by atoms with Crippen molar-refractivity contribution >= 4 is 63.7 Å². The standard InChI is InChI=1S/C29H26ClN3O6S/c1-3-39-28(37)20-8-14-23(15-9-20)32-29-33(17-18-4-10-21(30)11-5-18)25(34)16-24(40-29)26(35)31-22-12-6-19(7-13-22)27(36)38-2/h4-15,24H,3,16-17H2,1-2H3,(H,31,35)/t24-/m0/s1. The maximum absolute atomic E-state index is 13.3. The molecule has 3 aromatic rings. The van der Waals surface area contributed by atoms with Gasteiger partial charge in [-0.3, -0.25) is 14.5 Å². The Morgan fingerprint density at radius 1 is 0.975 bits per heavy atom. The Morgan fingerprint density at radius 3 is 2.23 bits per heavy atom. The highest BCUT2D eigenvalue weighted by Gasteiger charge is 2.36. The summed E-state index contributed by atoms with van der Waals surface area (Å²) in [6, 6.07) is 19.9. The summed E-state index contributed by atoms with van der Waals surface area (Å²) in [7, 11) is 1.29. The fourth-order valence-corrected chi connectivity index (χ4v) is 5.02. The van der Waals surface area contributed by atoms with Gasteiger partial charge in [-0.05, 0) is 73.2 Å². The van der Waals surface area contributed by atoms with Gasteiger partial charge in [0.05, 0.1) is 37.1 Å². The molecule has 1 fully saturated rings. The van der Waals surface area contributed by atoms with E-state index in [4.69, 9.17) is 21.1 Å². The number of carbonyl (C=O) groups is 4. The largest absolute Gasteiger partial charge is 0.465 e. The maximum atomic E-state index is 13.3. The van der Waals surface area contributed by atoms with E-state index >= 15 is 0 Å². The number of nitrogens with zero attached hydrogens (tertiary/aromatic N) is 2. The summed E-state index contributed by atoms with van der Waals surface area (Å²) in [5.74, 6) is -1.56. The fraction of sp³-hybridized carbons (Fsp3) is 0.207. The topological polar surface area (TPSA) is 114 Å². The van der Waals surface area contributed by atoms with Crippen LogP contribution in [0.15, 0.2) is 77.8 Å². The second-order valence-corrected chi connectivity index (χ2v) is 10.2. The minimum absolute atomic E-state index is 0.0366. The molecule has 1 aliphatic heterocycles. The van der Waals surface area contributed by atoms with Crippen molar-refractivity contribution < 1.29 is 28.7 Å². The molecule has 0 spiro atoms. The lowest BCUT2D eigenvalue weighted by Gasteiger charge is -2.32. The van der Waals surface area contributed by atoms with Gasteiger partial charge in [0.25, 0.3) is 0 Å². The molecule has 9 nitrogen and oxygen atoms in total. The molecule has 0 aromatic heterocycles. The number of aliphatic imine (C=N–C) groups is 1. The molecular weight excluding hydrogens is 554 g/mol. The van der Waals surface area contributed by atoms with Gasteiger partial charge in [0.1, 0.15) is 5.25 Å². The van der Waals surface area contributed by atoms with Crippen molar-refractivity contribution in [3.8, 4) is 0 Å². The first-order chi connectivity index (χ1) is 19.3. The summed E-state index contributed by atoms with van der Waals surface area (Å²) in [5, 5.41) is 2.98. The van der Waals surface area contributed by atoms with E-state index in [-0.39, 0.29) is 31.4 Å². The Kier molecular flexibility index (Phi) is 9.57. The first-order valence-corrected chi connectivity index (χ1v) is 13.6. The second kappa shape index (κ2) is 13.3. The summed E-state index contributed by atoms with van der Waals surface area (Å²) in [6.45, 7) is 2.24.